The second kappa shape index (κ2) is 7.98. The Kier molecular flexibility index (Phi) is 5.10. The van der Waals surface area contributed by atoms with Gasteiger partial charge in [0.25, 0.3) is 0 Å². The molecule has 4 heterocycles. The highest BCUT2D eigenvalue weighted by Crippen LogP contribution is 2.40. The van der Waals surface area contributed by atoms with E-state index in [1.54, 1.807) is 10.9 Å². The molecule has 0 saturated carbocycles. The molecule has 11 heteroatoms. The van der Waals surface area contributed by atoms with E-state index >= 15 is 0 Å². The molecule has 0 aliphatic carbocycles. The summed E-state index contributed by atoms with van der Waals surface area (Å²) in [5.41, 5.74) is 6.69. The number of aromatic nitrogens is 4. The molecule has 1 aromatic carbocycles. The van der Waals surface area contributed by atoms with Crippen molar-refractivity contribution >= 4 is 23.5 Å². The number of cyclic esters (lactones) is 1. The minimum atomic E-state index is -1.00. The maximum absolute atomic E-state index is 13.9. The molecule has 2 fully saturated rings. The van der Waals surface area contributed by atoms with E-state index in [0.717, 1.165) is 17.7 Å². The van der Waals surface area contributed by atoms with Crippen molar-refractivity contribution in [2.24, 2.45) is 0 Å². The lowest BCUT2D eigenvalue weighted by molar-refractivity contribution is 0.0976. The minimum absolute atomic E-state index is 0.139. The van der Waals surface area contributed by atoms with Crippen LogP contribution in [-0.4, -0.2) is 51.1 Å². The highest BCUT2D eigenvalue weighted by molar-refractivity contribution is 5.90. The van der Waals surface area contributed by atoms with Crippen molar-refractivity contribution in [3.05, 3.63) is 53.9 Å². The molecule has 1 spiro atoms. The number of hydrogen-bond donors (Lipinski definition) is 1. The topological polar surface area (TPSA) is 102 Å². The predicted octanol–water partition coefficient (Wildman–Crippen LogP) is 3.22. The molecule has 33 heavy (non-hydrogen) atoms. The lowest BCUT2D eigenvalue weighted by Crippen LogP contribution is -2.61. The first-order valence-electron chi connectivity index (χ1n) is 10.7. The highest BCUT2D eigenvalue weighted by Gasteiger charge is 2.47. The van der Waals surface area contributed by atoms with Gasteiger partial charge in [0.15, 0.2) is 17.5 Å². The molecule has 1 amide bonds. The normalized spacial score (nSPS) is 18.0. The summed E-state index contributed by atoms with van der Waals surface area (Å²) in [6.45, 7) is 3.39. The number of carbonyl (C=O) groups is 1. The first kappa shape index (κ1) is 21.1. The standard InChI is InChI=1S/C22H23F2N7O2/c1-14-12-26-30(13-14)19-11-18(27-20(25)28-19)29-7-4-22(5-8-29)6-9-33-21(32)31(22)15-2-3-16(23)17(24)10-15/h2-3,10-13H,4-9H2,1H3,(H2,25,27,28). The Labute approximate surface area is 188 Å². The molecule has 9 nitrogen and oxygen atoms in total. The Morgan fingerprint density at radius 3 is 2.52 bits per heavy atom. The quantitative estimate of drug-likeness (QED) is 0.647. The largest absolute Gasteiger partial charge is 0.449 e. The van der Waals surface area contributed by atoms with Gasteiger partial charge < -0.3 is 15.4 Å². The van der Waals surface area contributed by atoms with Crippen molar-refractivity contribution in [3.8, 4) is 5.82 Å². The Hall–Kier alpha value is -3.76. The van der Waals surface area contributed by atoms with E-state index in [2.05, 4.69) is 20.0 Å². The molecule has 2 aliphatic rings. The molecule has 2 N–H and O–H groups in total. The van der Waals surface area contributed by atoms with E-state index in [1.165, 1.54) is 11.0 Å². The van der Waals surface area contributed by atoms with Gasteiger partial charge in [-0.3, -0.25) is 4.90 Å². The third kappa shape index (κ3) is 3.83. The number of amides is 1. The number of halogens is 2. The van der Waals surface area contributed by atoms with Crippen molar-refractivity contribution < 1.29 is 18.3 Å². The van der Waals surface area contributed by atoms with Gasteiger partial charge in [0.1, 0.15) is 5.82 Å². The Balaban J connectivity index is 1.41. The van der Waals surface area contributed by atoms with E-state index < -0.39 is 23.3 Å². The zero-order chi connectivity index (χ0) is 23.2. The van der Waals surface area contributed by atoms with Crippen LogP contribution >= 0.6 is 0 Å². The summed E-state index contributed by atoms with van der Waals surface area (Å²) in [6.07, 6.45) is 4.82. The number of anilines is 3. The fourth-order valence-corrected chi connectivity index (χ4v) is 4.58. The molecule has 2 aliphatic heterocycles. The number of hydrogen-bond acceptors (Lipinski definition) is 7. The molecule has 2 saturated heterocycles. The second-order valence-corrected chi connectivity index (χ2v) is 8.41. The Morgan fingerprint density at radius 1 is 1.06 bits per heavy atom. The van der Waals surface area contributed by atoms with Crippen molar-refractivity contribution in [2.75, 3.05) is 35.2 Å². The first-order valence-corrected chi connectivity index (χ1v) is 10.7. The van der Waals surface area contributed by atoms with Crippen molar-refractivity contribution in [1.82, 2.24) is 19.7 Å². The number of nitrogens with two attached hydrogens (primary N) is 1. The monoisotopic (exact) mass is 455 g/mol. The number of aryl methyl sites for hydroxylation is 1. The van der Waals surface area contributed by atoms with Crippen LogP contribution in [0.15, 0.2) is 36.7 Å². The highest BCUT2D eigenvalue weighted by atomic mass is 19.2. The third-order valence-corrected chi connectivity index (χ3v) is 6.29. The van der Waals surface area contributed by atoms with E-state index in [-0.39, 0.29) is 18.2 Å². The Bertz CT molecular complexity index is 1210. The van der Waals surface area contributed by atoms with Gasteiger partial charge in [0.2, 0.25) is 5.95 Å². The average molecular weight is 455 g/mol. The summed E-state index contributed by atoms with van der Waals surface area (Å²) in [7, 11) is 0. The molecular weight excluding hydrogens is 432 g/mol. The molecule has 2 aromatic heterocycles. The molecule has 0 bridgehead atoms. The maximum atomic E-state index is 13.9. The van der Waals surface area contributed by atoms with Crippen LogP contribution in [0.5, 0.6) is 0 Å². The predicted molar refractivity (Wildman–Crippen MR) is 117 cm³/mol. The molecule has 3 aromatic rings. The first-order chi connectivity index (χ1) is 15.8. The van der Waals surface area contributed by atoms with Gasteiger partial charge in [-0.25, -0.2) is 18.3 Å². The summed E-state index contributed by atoms with van der Waals surface area (Å²) in [5, 5.41) is 4.28. The van der Waals surface area contributed by atoms with Gasteiger partial charge in [-0.05, 0) is 37.5 Å². The minimum Gasteiger partial charge on any atom is -0.449 e. The molecule has 5 rings (SSSR count). The lowest BCUT2D eigenvalue weighted by Gasteiger charge is -2.50. The van der Waals surface area contributed by atoms with E-state index in [4.69, 9.17) is 10.5 Å². The molecule has 0 radical (unpaired) electrons. The van der Waals surface area contributed by atoms with Gasteiger partial charge in [-0.2, -0.15) is 15.1 Å². The average Bonchev–Trinajstić information content (AvgIpc) is 3.23. The Morgan fingerprint density at radius 2 is 1.82 bits per heavy atom. The summed E-state index contributed by atoms with van der Waals surface area (Å²) in [5.74, 6) is -0.594. The fraction of sp³-hybridized carbons (Fsp3) is 0.364. The molecule has 0 atom stereocenters. The zero-order valence-electron chi connectivity index (χ0n) is 18.0. The van der Waals surface area contributed by atoms with E-state index in [1.807, 2.05) is 19.2 Å². The summed E-state index contributed by atoms with van der Waals surface area (Å²) < 4.78 is 34.3. The number of nitrogens with zero attached hydrogens (tertiary/aromatic N) is 6. The van der Waals surface area contributed by atoms with Gasteiger partial charge in [0.05, 0.1) is 24.0 Å². The van der Waals surface area contributed by atoms with Gasteiger partial charge in [0, 0.05) is 37.8 Å². The van der Waals surface area contributed by atoms with Crippen LogP contribution in [0, 0.1) is 18.6 Å². The van der Waals surface area contributed by atoms with Crippen LogP contribution in [0.2, 0.25) is 0 Å². The third-order valence-electron chi connectivity index (χ3n) is 6.29. The number of nitrogen functional groups attached to an aromatic ring is 1. The number of benzene rings is 1. The van der Waals surface area contributed by atoms with Crippen molar-refractivity contribution in [2.45, 2.75) is 31.7 Å². The van der Waals surface area contributed by atoms with Crippen LogP contribution in [0.4, 0.5) is 31.0 Å². The summed E-state index contributed by atoms with van der Waals surface area (Å²) in [4.78, 5) is 24.9. The molecular formula is C22H23F2N7O2. The van der Waals surface area contributed by atoms with Crippen molar-refractivity contribution in [1.29, 1.82) is 0 Å². The van der Waals surface area contributed by atoms with Crippen LogP contribution in [0.1, 0.15) is 24.8 Å². The van der Waals surface area contributed by atoms with Crippen LogP contribution < -0.4 is 15.5 Å². The SMILES string of the molecule is Cc1cnn(-c2cc(N3CCC4(CCOC(=O)N4c4ccc(F)c(F)c4)CC3)nc(N)n2)c1. The number of ether oxygens (including phenoxy) is 1. The maximum Gasteiger partial charge on any atom is 0.414 e. The van der Waals surface area contributed by atoms with E-state index in [0.29, 0.717) is 44.0 Å². The molecule has 0 unspecified atom stereocenters. The second-order valence-electron chi connectivity index (χ2n) is 8.41. The summed E-state index contributed by atoms with van der Waals surface area (Å²) >= 11 is 0. The van der Waals surface area contributed by atoms with Crippen molar-refractivity contribution in [3.63, 3.8) is 0 Å². The summed E-state index contributed by atoms with van der Waals surface area (Å²) in [6, 6.07) is 5.29. The number of rotatable bonds is 3. The van der Waals surface area contributed by atoms with Gasteiger partial charge in [-0.1, -0.05) is 0 Å². The lowest BCUT2D eigenvalue weighted by atomic mass is 9.81. The molecule has 172 valence electrons. The van der Waals surface area contributed by atoms with E-state index in [9.17, 15) is 13.6 Å². The fourth-order valence-electron chi connectivity index (χ4n) is 4.58. The van der Waals surface area contributed by atoms with Gasteiger partial charge >= 0.3 is 6.09 Å². The number of carbonyl (C=O) groups excluding carboxylic acids is 1. The number of piperidine rings is 1. The van der Waals surface area contributed by atoms with Crippen LogP contribution in [-0.2, 0) is 4.74 Å². The van der Waals surface area contributed by atoms with Gasteiger partial charge in [-0.15, -0.1) is 0 Å². The smallest absolute Gasteiger partial charge is 0.414 e. The van der Waals surface area contributed by atoms with Crippen LogP contribution in [0.25, 0.3) is 5.82 Å². The van der Waals surface area contributed by atoms with Crippen LogP contribution in [0.3, 0.4) is 0 Å². The zero-order valence-corrected chi connectivity index (χ0v) is 18.0.